The molecule has 2 heteroatoms. The molecule has 0 atom stereocenters. The Morgan fingerprint density at radius 2 is 1.40 bits per heavy atom. The van der Waals surface area contributed by atoms with Gasteiger partial charge in [0, 0.05) is 0 Å². The molecule has 0 aromatic carbocycles. The van der Waals surface area contributed by atoms with Gasteiger partial charge in [0.05, 0.1) is 0 Å². The van der Waals surface area contributed by atoms with E-state index in [9.17, 15) is 0 Å². The van der Waals surface area contributed by atoms with Gasteiger partial charge < -0.3 is 0 Å². The maximum absolute atomic E-state index is 2.23. The van der Waals surface area contributed by atoms with Crippen LogP contribution in [0.15, 0.2) is 0 Å². The van der Waals surface area contributed by atoms with Crippen LogP contribution in [0.4, 0.5) is 0 Å². The Morgan fingerprint density at radius 3 is 1.40 bits per heavy atom. The molecule has 0 fully saturated rings. The van der Waals surface area contributed by atoms with E-state index in [2.05, 4.69) is 13.8 Å². The number of hydrogen-bond donors (Lipinski definition) is 0. The molecule has 0 radical (unpaired) electrons. The summed E-state index contributed by atoms with van der Waals surface area (Å²) in [6.45, 7) is 4.46. The minimum Gasteiger partial charge on any atom is -0.147 e. The molecule has 0 saturated carbocycles. The van der Waals surface area contributed by atoms with Gasteiger partial charge in [0.1, 0.15) is 0 Å². The molecule has 0 spiro atoms. The normalized spacial score (nSPS) is 7.00. The number of hydrogen-bond acceptors (Lipinski definition) is 0. The van der Waals surface area contributed by atoms with Gasteiger partial charge in [-0.2, -0.15) is 0 Å². The lowest BCUT2D eigenvalue weighted by Gasteiger charge is -1.77. The van der Waals surface area contributed by atoms with Crippen molar-refractivity contribution in [1.82, 2.24) is 0 Å². The lowest BCUT2D eigenvalue weighted by atomic mass is 10.6. The first-order valence-electron chi connectivity index (χ1n) is 1.73. The van der Waals surface area contributed by atoms with Gasteiger partial charge in [-0.05, 0) is 0 Å². The first kappa shape index (κ1) is 9.27. The molecule has 0 aromatic heterocycles. The standard InChI is InChI=1S/C3H7.Al.ClH.2H/c1-3-2;;;;/h3H,1-2H3;;1H;;. The molecule has 0 aliphatic rings. The lowest BCUT2D eigenvalue weighted by Crippen LogP contribution is -1.67. The van der Waals surface area contributed by atoms with E-state index in [1.54, 1.807) is 0 Å². The van der Waals surface area contributed by atoms with E-state index < -0.39 is 0 Å². The maximum atomic E-state index is 2.23. The smallest absolute Gasteiger partial charge is 0.147 e. The SMILES string of the molecule is C[CH](C)[AlH2].Cl. The molecule has 5 heavy (non-hydrogen) atoms. The molecular weight excluding hydrogens is 98.5 g/mol. The van der Waals surface area contributed by atoms with E-state index in [1.165, 1.54) is 16.3 Å². The highest BCUT2D eigenvalue weighted by Crippen LogP contribution is 1.84. The zero-order valence-electron chi connectivity index (χ0n) is 3.99. The fraction of sp³-hybridized carbons (Fsp3) is 1.00. The van der Waals surface area contributed by atoms with Crippen LogP contribution in [0.5, 0.6) is 0 Å². The van der Waals surface area contributed by atoms with Crippen molar-refractivity contribution in [3.8, 4) is 0 Å². The number of halogens is 1. The molecule has 0 amide bonds. The maximum Gasteiger partial charge on any atom is 0.215 e. The first-order chi connectivity index (χ1) is 1.73. The third-order valence-electron chi connectivity index (χ3n) is 0. The average molecular weight is 109 g/mol. The van der Waals surface area contributed by atoms with Crippen molar-refractivity contribution in [2.75, 3.05) is 0 Å². The quantitative estimate of drug-likeness (QED) is 0.404. The second-order valence-electron chi connectivity index (χ2n) is 1.73. The Labute approximate surface area is 47.8 Å². The molecule has 0 aromatic rings. The van der Waals surface area contributed by atoms with Gasteiger partial charge in [-0.15, -0.1) is 12.4 Å². The lowest BCUT2D eigenvalue weighted by molar-refractivity contribution is 1.08. The minimum absolute atomic E-state index is 0. The van der Waals surface area contributed by atoms with Crippen molar-refractivity contribution < 1.29 is 0 Å². The second-order valence-corrected chi connectivity index (χ2v) is 4.04. The van der Waals surface area contributed by atoms with Crippen molar-refractivity contribution in [3.05, 3.63) is 0 Å². The first-order valence-corrected chi connectivity index (χ1v) is 2.89. The summed E-state index contributed by atoms with van der Waals surface area (Å²) in [5.41, 5.74) is 0. The van der Waals surface area contributed by atoms with Crippen molar-refractivity contribution in [3.63, 3.8) is 0 Å². The molecule has 0 heterocycles. The van der Waals surface area contributed by atoms with Gasteiger partial charge in [0.2, 0.25) is 16.3 Å². The molecule has 32 valence electrons. The van der Waals surface area contributed by atoms with E-state index >= 15 is 0 Å². The third-order valence-corrected chi connectivity index (χ3v) is 0. The molecule has 0 rings (SSSR count). The molecular formula is C3H10AlCl. The highest BCUT2D eigenvalue weighted by molar-refractivity contribution is 6.10. The van der Waals surface area contributed by atoms with Crippen LogP contribution in [0.3, 0.4) is 0 Å². The Kier molecular flexibility index (Phi) is 8.94. The second kappa shape index (κ2) is 4.82. The van der Waals surface area contributed by atoms with Gasteiger partial charge in [-0.3, -0.25) is 0 Å². The summed E-state index contributed by atoms with van der Waals surface area (Å²) in [4.78, 5) is 0. The summed E-state index contributed by atoms with van der Waals surface area (Å²) in [5, 5.41) is 0. The molecule has 0 aliphatic carbocycles. The Morgan fingerprint density at radius 1 is 1.40 bits per heavy atom. The topological polar surface area (TPSA) is 0 Å². The van der Waals surface area contributed by atoms with Crippen LogP contribution >= 0.6 is 12.4 Å². The van der Waals surface area contributed by atoms with Gasteiger partial charge in [-0.25, -0.2) is 0 Å². The summed E-state index contributed by atoms with van der Waals surface area (Å²) < 4.78 is 0.972. The summed E-state index contributed by atoms with van der Waals surface area (Å²) >= 11 is 1.35. The van der Waals surface area contributed by atoms with E-state index in [-0.39, 0.29) is 12.4 Å². The molecule has 0 unspecified atom stereocenters. The minimum atomic E-state index is 0. The van der Waals surface area contributed by atoms with Gasteiger partial charge in [-0.1, -0.05) is 18.6 Å². The van der Waals surface area contributed by atoms with Crippen molar-refractivity contribution in [2.45, 2.75) is 18.6 Å². The predicted octanol–water partition coefficient (Wildman–Crippen LogP) is 0.870. The van der Waals surface area contributed by atoms with Crippen LogP contribution in [-0.2, 0) is 0 Å². The van der Waals surface area contributed by atoms with E-state index in [0.717, 1.165) is 4.78 Å². The van der Waals surface area contributed by atoms with E-state index in [4.69, 9.17) is 0 Å². The van der Waals surface area contributed by atoms with Crippen LogP contribution in [-0.4, -0.2) is 16.3 Å². The monoisotopic (exact) mass is 108 g/mol. The molecule has 0 saturated heterocycles. The van der Waals surface area contributed by atoms with Crippen LogP contribution in [0.25, 0.3) is 0 Å². The highest BCUT2D eigenvalue weighted by atomic mass is 35.5. The molecule has 0 nitrogen and oxygen atoms in total. The van der Waals surface area contributed by atoms with E-state index in [0.29, 0.717) is 0 Å². The summed E-state index contributed by atoms with van der Waals surface area (Å²) in [7, 11) is 0. The highest BCUT2D eigenvalue weighted by Gasteiger charge is 1.70. The Hall–Kier alpha value is 0.822. The van der Waals surface area contributed by atoms with Crippen molar-refractivity contribution in [1.29, 1.82) is 0 Å². The van der Waals surface area contributed by atoms with E-state index in [1.807, 2.05) is 0 Å². The number of rotatable bonds is 0. The van der Waals surface area contributed by atoms with Crippen LogP contribution in [0, 0.1) is 0 Å². The van der Waals surface area contributed by atoms with Gasteiger partial charge >= 0.3 is 0 Å². The Bertz CT molecular complexity index is 11.6. The predicted molar refractivity (Wildman–Crippen MR) is 30.9 cm³/mol. The largest absolute Gasteiger partial charge is 0.215 e. The van der Waals surface area contributed by atoms with Crippen LogP contribution in [0.2, 0.25) is 4.78 Å². The summed E-state index contributed by atoms with van der Waals surface area (Å²) in [6, 6.07) is 0. The zero-order valence-corrected chi connectivity index (χ0v) is 6.80. The van der Waals surface area contributed by atoms with Crippen LogP contribution < -0.4 is 0 Å². The molecule has 0 aliphatic heterocycles. The summed E-state index contributed by atoms with van der Waals surface area (Å²) in [5.74, 6) is 0. The summed E-state index contributed by atoms with van der Waals surface area (Å²) in [6.07, 6.45) is 0. The third kappa shape index (κ3) is 56.8. The van der Waals surface area contributed by atoms with Crippen LogP contribution in [0.1, 0.15) is 13.8 Å². The molecule has 0 bridgehead atoms. The van der Waals surface area contributed by atoms with Gasteiger partial charge in [0.25, 0.3) is 0 Å². The van der Waals surface area contributed by atoms with Crippen molar-refractivity contribution in [2.24, 2.45) is 0 Å². The van der Waals surface area contributed by atoms with Crippen molar-refractivity contribution >= 4 is 28.7 Å². The fourth-order valence-corrected chi connectivity index (χ4v) is 0. The fourth-order valence-electron chi connectivity index (χ4n) is 0. The Balaban J connectivity index is 0. The average Bonchev–Trinajstić information content (AvgIpc) is 0.811. The van der Waals surface area contributed by atoms with Gasteiger partial charge in [0.15, 0.2) is 0 Å². The zero-order chi connectivity index (χ0) is 3.58. The molecule has 0 N–H and O–H groups in total.